The van der Waals surface area contributed by atoms with Crippen LogP contribution in [0.1, 0.15) is 44.1 Å². The van der Waals surface area contributed by atoms with Crippen molar-refractivity contribution in [3.05, 3.63) is 29.6 Å². The van der Waals surface area contributed by atoms with E-state index in [0.29, 0.717) is 11.9 Å². The molecule has 0 N–H and O–H groups in total. The number of fused-ring (bicyclic) bond motifs is 1. The highest BCUT2D eigenvalue weighted by molar-refractivity contribution is 6.17. The Morgan fingerprint density at radius 2 is 2.24 bits per heavy atom. The zero-order valence-corrected chi connectivity index (χ0v) is 13.8. The average Bonchev–Trinajstić information content (AvgIpc) is 2.75. The molecule has 1 saturated heterocycles. The summed E-state index contributed by atoms with van der Waals surface area (Å²) in [5.41, 5.74) is 3.51. The Bertz CT molecular complexity index is 648. The molecule has 1 aliphatic rings. The Kier molecular flexibility index (Phi) is 3.98. The van der Waals surface area contributed by atoms with Crippen LogP contribution in [0.2, 0.25) is 0 Å². The number of hydrogen-bond acceptors (Lipinski definition) is 2. The number of halogens is 1. The minimum absolute atomic E-state index is 0.0679. The Balaban J connectivity index is 2.09. The first-order valence-electron chi connectivity index (χ1n) is 7.67. The van der Waals surface area contributed by atoms with Gasteiger partial charge in [0.1, 0.15) is 5.82 Å². The monoisotopic (exact) mass is 306 g/mol. The predicted octanol–water partition coefficient (Wildman–Crippen LogP) is 4.26. The molecular formula is C17H23ClN2O. The molecule has 1 aromatic carbocycles. The second-order valence-corrected chi connectivity index (χ2v) is 6.96. The standard InChI is InChI=1S/C17H23ClN2O/c1-12-4-5-14-15(10-12)20(16(19-14)6-8-18)13-7-9-21-17(2,3)11-13/h4-5,10,13H,6-9,11H2,1-3H3. The van der Waals surface area contributed by atoms with Gasteiger partial charge in [0.25, 0.3) is 0 Å². The van der Waals surface area contributed by atoms with E-state index in [9.17, 15) is 0 Å². The fourth-order valence-electron chi connectivity index (χ4n) is 3.34. The van der Waals surface area contributed by atoms with Gasteiger partial charge in [-0.25, -0.2) is 4.98 Å². The van der Waals surface area contributed by atoms with Gasteiger partial charge in [0, 0.05) is 24.9 Å². The number of ether oxygens (including phenoxy) is 1. The Labute approximate surface area is 131 Å². The van der Waals surface area contributed by atoms with E-state index < -0.39 is 0 Å². The van der Waals surface area contributed by atoms with Gasteiger partial charge in [0.05, 0.1) is 16.6 Å². The summed E-state index contributed by atoms with van der Waals surface area (Å²) in [4.78, 5) is 4.80. The fraction of sp³-hybridized carbons (Fsp3) is 0.588. The molecule has 1 aromatic heterocycles. The minimum atomic E-state index is -0.0679. The second-order valence-electron chi connectivity index (χ2n) is 6.58. The molecule has 0 saturated carbocycles. The van der Waals surface area contributed by atoms with Gasteiger partial charge in [-0.1, -0.05) is 6.07 Å². The number of hydrogen-bond donors (Lipinski definition) is 0. The lowest BCUT2D eigenvalue weighted by molar-refractivity contribution is -0.0688. The summed E-state index contributed by atoms with van der Waals surface area (Å²) in [6, 6.07) is 6.92. The molecule has 3 rings (SSSR count). The predicted molar refractivity (Wildman–Crippen MR) is 87.2 cm³/mol. The Morgan fingerprint density at radius 3 is 2.95 bits per heavy atom. The fourth-order valence-corrected chi connectivity index (χ4v) is 3.51. The molecular weight excluding hydrogens is 284 g/mol. The van der Waals surface area contributed by atoms with E-state index in [1.165, 1.54) is 11.1 Å². The first-order chi connectivity index (χ1) is 10.00. The highest BCUT2D eigenvalue weighted by Gasteiger charge is 2.31. The molecule has 2 heterocycles. The third-order valence-corrected chi connectivity index (χ3v) is 4.46. The van der Waals surface area contributed by atoms with Gasteiger partial charge in [-0.2, -0.15) is 0 Å². The maximum absolute atomic E-state index is 5.98. The number of benzene rings is 1. The molecule has 1 atom stereocenters. The van der Waals surface area contributed by atoms with Crippen LogP contribution >= 0.6 is 11.6 Å². The van der Waals surface area contributed by atoms with Crippen molar-refractivity contribution in [1.29, 1.82) is 0 Å². The topological polar surface area (TPSA) is 27.1 Å². The normalized spacial score (nSPS) is 21.8. The van der Waals surface area contributed by atoms with E-state index in [0.717, 1.165) is 37.2 Å². The third kappa shape index (κ3) is 2.95. The Morgan fingerprint density at radius 1 is 1.43 bits per heavy atom. The number of aromatic nitrogens is 2. The molecule has 0 spiro atoms. The van der Waals surface area contributed by atoms with Crippen LogP contribution in [0, 0.1) is 6.92 Å². The summed E-state index contributed by atoms with van der Waals surface area (Å²) < 4.78 is 8.28. The van der Waals surface area contributed by atoms with Gasteiger partial charge in [0.2, 0.25) is 0 Å². The molecule has 0 aliphatic carbocycles. The van der Waals surface area contributed by atoms with Crippen molar-refractivity contribution in [3.63, 3.8) is 0 Å². The summed E-state index contributed by atoms with van der Waals surface area (Å²) in [7, 11) is 0. The van der Waals surface area contributed by atoms with Crippen molar-refractivity contribution in [1.82, 2.24) is 9.55 Å². The van der Waals surface area contributed by atoms with E-state index in [2.05, 4.69) is 43.5 Å². The van der Waals surface area contributed by atoms with Crippen LogP contribution in [0.4, 0.5) is 0 Å². The van der Waals surface area contributed by atoms with Crippen molar-refractivity contribution >= 4 is 22.6 Å². The van der Waals surface area contributed by atoms with E-state index in [-0.39, 0.29) is 5.60 Å². The van der Waals surface area contributed by atoms with Gasteiger partial charge in [-0.3, -0.25) is 0 Å². The second kappa shape index (κ2) is 5.62. The molecule has 0 amide bonds. The molecule has 2 aromatic rings. The smallest absolute Gasteiger partial charge is 0.111 e. The van der Waals surface area contributed by atoms with Crippen LogP contribution in [0.5, 0.6) is 0 Å². The van der Waals surface area contributed by atoms with E-state index >= 15 is 0 Å². The molecule has 4 heteroatoms. The summed E-state index contributed by atoms with van der Waals surface area (Å²) in [5, 5.41) is 0. The first kappa shape index (κ1) is 14.9. The average molecular weight is 307 g/mol. The maximum Gasteiger partial charge on any atom is 0.111 e. The molecule has 21 heavy (non-hydrogen) atoms. The largest absolute Gasteiger partial charge is 0.375 e. The van der Waals surface area contributed by atoms with Crippen molar-refractivity contribution in [2.75, 3.05) is 12.5 Å². The maximum atomic E-state index is 5.98. The highest BCUT2D eigenvalue weighted by Crippen LogP contribution is 2.35. The van der Waals surface area contributed by atoms with Gasteiger partial charge < -0.3 is 9.30 Å². The van der Waals surface area contributed by atoms with Crippen LogP contribution in [0.15, 0.2) is 18.2 Å². The van der Waals surface area contributed by atoms with Crippen LogP contribution in [-0.2, 0) is 11.2 Å². The van der Waals surface area contributed by atoms with Gasteiger partial charge in [0.15, 0.2) is 0 Å². The molecule has 1 aliphatic heterocycles. The zero-order valence-electron chi connectivity index (χ0n) is 13.0. The molecule has 3 nitrogen and oxygen atoms in total. The number of aryl methyl sites for hydroxylation is 2. The third-order valence-electron chi connectivity index (χ3n) is 4.27. The lowest BCUT2D eigenvalue weighted by Gasteiger charge is -2.37. The van der Waals surface area contributed by atoms with Crippen molar-refractivity contribution in [2.45, 2.75) is 51.7 Å². The summed E-state index contributed by atoms with van der Waals surface area (Å²) in [5.74, 6) is 1.71. The van der Waals surface area contributed by atoms with Gasteiger partial charge in [-0.05, 0) is 51.3 Å². The minimum Gasteiger partial charge on any atom is -0.375 e. The summed E-state index contributed by atoms with van der Waals surface area (Å²) in [6.45, 7) is 7.28. The number of imidazole rings is 1. The van der Waals surface area contributed by atoms with E-state index in [4.69, 9.17) is 21.3 Å². The molecule has 1 unspecified atom stereocenters. The molecule has 0 radical (unpaired) electrons. The summed E-state index contributed by atoms with van der Waals surface area (Å²) in [6.07, 6.45) is 2.87. The van der Waals surface area contributed by atoms with Crippen molar-refractivity contribution < 1.29 is 4.74 Å². The Hall–Kier alpha value is -1.06. The SMILES string of the molecule is Cc1ccc2nc(CCCl)n(C3CCOC(C)(C)C3)c2c1. The molecule has 0 bridgehead atoms. The lowest BCUT2D eigenvalue weighted by atomic mass is 9.93. The van der Waals surface area contributed by atoms with Crippen LogP contribution in [-0.4, -0.2) is 27.6 Å². The first-order valence-corrected chi connectivity index (χ1v) is 8.21. The summed E-state index contributed by atoms with van der Waals surface area (Å²) >= 11 is 5.98. The van der Waals surface area contributed by atoms with Gasteiger partial charge >= 0.3 is 0 Å². The molecule has 1 fully saturated rings. The van der Waals surface area contributed by atoms with E-state index in [1.54, 1.807) is 0 Å². The zero-order chi connectivity index (χ0) is 15.0. The molecule has 114 valence electrons. The quantitative estimate of drug-likeness (QED) is 0.792. The van der Waals surface area contributed by atoms with E-state index in [1.807, 2.05) is 0 Å². The lowest BCUT2D eigenvalue weighted by Crippen LogP contribution is -2.35. The number of rotatable bonds is 3. The highest BCUT2D eigenvalue weighted by atomic mass is 35.5. The van der Waals surface area contributed by atoms with Crippen LogP contribution < -0.4 is 0 Å². The number of alkyl halides is 1. The van der Waals surface area contributed by atoms with Crippen molar-refractivity contribution in [2.24, 2.45) is 0 Å². The van der Waals surface area contributed by atoms with Crippen LogP contribution in [0.3, 0.4) is 0 Å². The van der Waals surface area contributed by atoms with Crippen molar-refractivity contribution in [3.8, 4) is 0 Å². The number of nitrogens with zero attached hydrogens (tertiary/aromatic N) is 2. The van der Waals surface area contributed by atoms with Crippen LogP contribution in [0.25, 0.3) is 11.0 Å². The van der Waals surface area contributed by atoms with Gasteiger partial charge in [-0.15, -0.1) is 11.6 Å².